The number of carbonyl (C=O) groups is 1. The van der Waals surface area contributed by atoms with Gasteiger partial charge in [0, 0.05) is 30.3 Å². The first kappa shape index (κ1) is 18.2. The predicted molar refractivity (Wildman–Crippen MR) is 99.3 cm³/mol. The van der Waals surface area contributed by atoms with Crippen molar-refractivity contribution in [3.63, 3.8) is 0 Å². The smallest absolute Gasteiger partial charge is 0.253 e. The molecule has 1 aliphatic rings. The van der Waals surface area contributed by atoms with Crippen LogP contribution < -0.4 is 4.74 Å². The van der Waals surface area contributed by atoms with Gasteiger partial charge in [0.2, 0.25) is 0 Å². The standard InChI is InChI=1S/C20H25N3O3/c1-4-5-14-9-15(6-7-19(14)26-3)20(25)23-11-16(18(24)12-23)10-17-8-13(2)21-22-17/h4,6-9,16,18,24H,1,5,10-12H2,2-3H3,(H,21,22). The minimum Gasteiger partial charge on any atom is -0.496 e. The highest BCUT2D eigenvalue weighted by Gasteiger charge is 2.34. The Morgan fingerprint density at radius 2 is 2.27 bits per heavy atom. The lowest BCUT2D eigenvalue weighted by atomic mass is 10.00. The molecule has 1 aliphatic heterocycles. The predicted octanol–water partition coefficient (Wildman–Crippen LogP) is 2.13. The Hall–Kier alpha value is -2.60. The molecule has 2 heterocycles. The van der Waals surface area contributed by atoms with Crippen molar-refractivity contribution in [3.05, 3.63) is 59.4 Å². The molecule has 1 amide bonds. The van der Waals surface area contributed by atoms with Crippen LogP contribution in [0.5, 0.6) is 5.75 Å². The lowest BCUT2D eigenvalue weighted by molar-refractivity contribution is 0.0764. The molecule has 3 rings (SSSR count). The number of amides is 1. The summed E-state index contributed by atoms with van der Waals surface area (Å²) < 4.78 is 5.34. The van der Waals surface area contributed by atoms with Gasteiger partial charge in [0.25, 0.3) is 5.91 Å². The summed E-state index contributed by atoms with van der Waals surface area (Å²) in [5.74, 6) is 0.667. The van der Waals surface area contributed by atoms with Crippen LogP contribution >= 0.6 is 0 Å². The first-order chi connectivity index (χ1) is 12.5. The van der Waals surface area contributed by atoms with E-state index in [0.29, 0.717) is 31.5 Å². The second-order valence-electron chi connectivity index (χ2n) is 6.80. The molecule has 2 atom stereocenters. The number of nitrogens with one attached hydrogen (secondary N) is 1. The van der Waals surface area contributed by atoms with E-state index in [1.54, 1.807) is 24.2 Å². The Morgan fingerprint density at radius 1 is 1.46 bits per heavy atom. The summed E-state index contributed by atoms with van der Waals surface area (Å²) >= 11 is 0. The lowest BCUT2D eigenvalue weighted by Gasteiger charge is -2.17. The molecule has 1 aromatic heterocycles. The molecule has 0 aliphatic carbocycles. The molecule has 1 fully saturated rings. The Bertz CT molecular complexity index is 799. The number of aryl methyl sites for hydroxylation is 1. The summed E-state index contributed by atoms with van der Waals surface area (Å²) in [7, 11) is 1.61. The zero-order valence-electron chi connectivity index (χ0n) is 15.2. The maximum Gasteiger partial charge on any atom is 0.253 e. The summed E-state index contributed by atoms with van der Waals surface area (Å²) in [6, 6.07) is 7.40. The van der Waals surface area contributed by atoms with E-state index >= 15 is 0 Å². The van der Waals surface area contributed by atoms with E-state index < -0.39 is 6.10 Å². The monoisotopic (exact) mass is 355 g/mol. The van der Waals surface area contributed by atoms with Crippen LogP contribution in [0.3, 0.4) is 0 Å². The van der Waals surface area contributed by atoms with Gasteiger partial charge in [0.1, 0.15) is 5.75 Å². The van der Waals surface area contributed by atoms with Gasteiger partial charge in [-0.3, -0.25) is 9.89 Å². The fourth-order valence-electron chi connectivity index (χ4n) is 3.48. The number of carbonyl (C=O) groups excluding carboxylic acids is 1. The van der Waals surface area contributed by atoms with Gasteiger partial charge in [-0.05, 0) is 49.6 Å². The van der Waals surface area contributed by atoms with E-state index in [2.05, 4.69) is 16.8 Å². The van der Waals surface area contributed by atoms with Crippen molar-refractivity contribution in [2.45, 2.75) is 25.9 Å². The minimum absolute atomic E-state index is 0.00690. The fourth-order valence-corrected chi connectivity index (χ4v) is 3.48. The van der Waals surface area contributed by atoms with Crippen LogP contribution in [0, 0.1) is 12.8 Å². The molecule has 1 saturated heterocycles. The Morgan fingerprint density at radius 3 is 2.92 bits per heavy atom. The second-order valence-corrected chi connectivity index (χ2v) is 6.80. The van der Waals surface area contributed by atoms with Crippen molar-refractivity contribution < 1.29 is 14.6 Å². The molecular formula is C20H25N3O3. The number of nitrogens with zero attached hydrogens (tertiary/aromatic N) is 2. The molecule has 6 nitrogen and oxygen atoms in total. The van der Waals surface area contributed by atoms with Crippen molar-refractivity contribution in [1.82, 2.24) is 15.1 Å². The zero-order valence-corrected chi connectivity index (χ0v) is 15.2. The molecule has 2 N–H and O–H groups in total. The number of hydrogen-bond donors (Lipinski definition) is 2. The number of aliphatic hydroxyl groups is 1. The number of H-pyrrole nitrogens is 1. The van der Waals surface area contributed by atoms with Gasteiger partial charge >= 0.3 is 0 Å². The largest absolute Gasteiger partial charge is 0.496 e. The number of likely N-dealkylation sites (tertiary alicyclic amines) is 1. The van der Waals surface area contributed by atoms with Gasteiger partial charge < -0.3 is 14.7 Å². The highest BCUT2D eigenvalue weighted by Crippen LogP contribution is 2.25. The third-order valence-electron chi connectivity index (χ3n) is 4.82. The zero-order chi connectivity index (χ0) is 18.7. The first-order valence-corrected chi connectivity index (χ1v) is 8.78. The quantitative estimate of drug-likeness (QED) is 0.778. The minimum atomic E-state index is -0.540. The lowest BCUT2D eigenvalue weighted by Crippen LogP contribution is -2.29. The van der Waals surface area contributed by atoms with Gasteiger partial charge in [-0.2, -0.15) is 5.10 Å². The number of rotatable bonds is 6. The molecule has 138 valence electrons. The molecule has 26 heavy (non-hydrogen) atoms. The number of aromatic nitrogens is 2. The van der Waals surface area contributed by atoms with E-state index in [-0.39, 0.29) is 11.8 Å². The summed E-state index contributed by atoms with van der Waals surface area (Å²) in [4.78, 5) is 14.6. The van der Waals surface area contributed by atoms with Crippen LogP contribution in [-0.2, 0) is 12.8 Å². The Balaban J connectivity index is 1.72. The topological polar surface area (TPSA) is 78.5 Å². The number of β-amino-alcohol motifs (C(OH)–C–C–N with tert-alkyl or cyclic N) is 1. The van der Waals surface area contributed by atoms with Gasteiger partial charge in [-0.1, -0.05) is 6.08 Å². The van der Waals surface area contributed by atoms with E-state index in [4.69, 9.17) is 4.74 Å². The van der Waals surface area contributed by atoms with Crippen molar-refractivity contribution >= 4 is 5.91 Å². The summed E-state index contributed by atoms with van der Waals surface area (Å²) in [5, 5.41) is 17.5. The van der Waals surface area contributed by atoms with E-state index in [1.807, 2.05) is 25.1 Å². The maximum absolute atomic E-state index is 12.9. The van der Waals surface area contributed by atoms with Crippen LogP contribution in [0.4, 0.5) is 0 Å². The fraction of sp³-hybridized carbons (Fsp3) is 0.400. The van der Waals surface area contributed by atoms with Crippen LogP contribution in [0.1, 0.15) is 27.3 Å². The van der Waals surface area contributed by atoms with Gasteiger partial charge in [-0.15, -0.1) is 6.58 Å². The highest BCUT2D eigenvalue weighted by atomic mass is 16.5. The molecule has 0 bridgehead atoms. The molecule has 0 spiro atoms. The Labute approximate surface area is 153 Å². The van der Waals surface area contributed by atoms with Crippen molar-refractivity contribution in [3.8, 4) is 5.75 Å². The molecule has 0 saturated carbocycles. The van der Waals surface area contributed by atoms with Gasteiger partial charge in [0.05, 0.1) is 18.9 Å². The summed E-state index contributed by atoms with van der Waals surface area (Å²) in [6.07, 6.45) is 2.53. The van der Waals surface area contributed by atoms with Crippen LogP contribution in [-0.4, -0.2) is 52.4 Å². The average molecular weight is 355 g/mol. The number of aromatic amines is 1. The number of hydrogen-bond acceptors (Lipinski definition) is 4. The van der Waals surface area contributed by atoms with Crippen LogP contribution in [0.15, 0.2) is 36.9 Å². The molecule has 1 aromatic carbocycles. The first-order valence-electron chi connectivity index (χ1n) is 8.78. The number of ether oxygens (including phenoxy) is 1. The number of allylic oxidation sites excluding steroid dienone is 1. The van der Waals surface area contributed by atoms with Gasteiger partial charge in [-0.25, -0.2) is 0 Å². The third-order valence-corrected chi connectivity index (χ3v) is 4.82. The molecule has 6 heteroatoms. The van der Waals surface area contributed by atoms with Crippen LogP contribution in [0.2, 0.25) is 0 Å². The molecular weight excluding hydrogens is 330 g/mol. The Kier molecular flexibility index (Phi) is 5.42. The van der Waals surface area contributed by atoms with Crippen molar-refractivity contribution in [2.75, 3.05) is 20.2 Å². The van der Waals surface area contributed by atoms with Crippen LogP contribution in [0.25, 0.3) is 0 Å². The second kappa shape index (κ2) is 7.74. The molecule has 2 unspecified atom stereocenters. The van der Waals surface area contributed by atoms with E-state index in [9.17, 15) is 9.90 Å². The normalized spacial score (nSPS) is 19.6. The summed E-state index contributed by atoms with van der Waals surface area (Å²) in [5.41, 5.74) is 3.44. The van der Waals surface area contributed by atoms with Crippen molar-refractivity contribution in [1.29, 1.82) is 0 Å². The molecule has 0 radical (unpaired) electrons. The average Bonchev–Trinajstić information content (AvgIpc) is 3.20. The van der Waals surface area contributed by atoms with Crippen molar-refractivity contribution in [2.24, 2.45) is 5.92 Å². The van der Waals surface area contributed by atoms with E-state index in [1.165, 1.54) is 0 Å². The van der Waals surface area contributed by atoms with Gasteiger partial charge in [0.15, 0.2) is 0 Å². The SMILES string of the molecule is C=CCc1cc(C(=O)N2CC(O)C(Cc3cc(C)[nH]n3)C2)ccc1OC. The number of methoxy groups -OCH3 is 1. The van der Waals surface area contributed by atoms with E-state index in [0.717, 1.165) is 22.7 Å². The third kappa shape index (κ3) is 3.80. The molecule has 2 aromatic rings. The summed E-state index contributed by atoms with van der Waals surface area (Å²) in [6.45, 7) is 6.56. The number of aliphatic hydroxyl groups excluding tert-OH is 1. The highest BCUT2D eigenvalue weighted by molar-refractivity contribution is 5.95. The number of benzene rings is 1. The maximum atomic E-state index is 12.9.